The molecule has 0 amide bonds. The molecule has 152 valence electrons. The van der Waals surface area contributed by atoms with E-state index in [2.05, 4.69) is 83.9 Å². The standard InChI is InChI=1S/C26H33N3/c1-29(2)25(14-12-20-8-4-3-5-9-20)15-17-26(18-16-25)24-22(13-19-27-26)21-10-6-7-11-23(21)28-24/h3-11,27-28H,12-19H2,1-2H3. The van der Waals surface area contributed by atoms with Crippen molar-refractivity contribution in [2.45, 2.75) is 56.0 Å². The lowest BCUT2D eigenvalue weighted by molar-refractivity contribution is 0.0453. The van der Waals surface area contributed by atoms with Crippen LogP contribution >= 0.6 is 0 Å². The van der Waals surface area contributed by atoms with Crippen LogP contribution in [0.4, 0.5) is 0 Å². The SMILES string of the molecule is CN(C)C1(CCc2ccccc2)CCC2(CC1)NCCc1c2[nH]c2ccccc12. The predicted molar refractivity (Wildman–Crippen MR) is 121 cm³/mol. The average molecular weight is 388 g/mol. The van der Waals surface area contributed by atoms with E-state index >= 15 is 0 Å². The molecule has 2 heterocycles. The molecule has 0 saturated heterocycles. The van der Waals surface area contributed by atoms with Crippen molar-refractivity contribution in [3.8, 4) is 0 Å². The molecule has 2 N–H and O–H groups in total. The molecule has 0 radical (unpaired) electrons. The third-order valence-corrected chi connectivity index (χ3v) is 7.84. The van der Waals surface area contributed by atoms with Gasteiger partial charge in [0.05, 0.1) is 5.54 Å². The van der Waals surface area contributed by atoms with Gasteiger partial charge >= 0.3 is 0 Å². The molecule has 3 nitrogen and oxygen atoms in total. The summed E-state index contributed by atoms with van der Waals surface area (Å²) in [6.07, 6.45) is 8.44. The quantitative estimate of drug-likeness (QED) is 0.659. The Labute approximate surface area is 174 Å². The minimum Gasteiger partial charge on any atom is -0.357 e. The number of hydrogen-bond donors (Lipinski definition) is 2. The summed E-state index contributed by atoms with van der Waals surface area (Å²) in [5.41, 5.74) is 6.21. The monoisotopic (exact) mass is 387 g/mol. The zero-order valence-electron chi connectivity index (χ0n) is 17.8. The van der Waals surface area contributed by atoms with Gasteiger partial charge < -0.3 is 15.2 Å². The maximum atomic E-state index is 3.95. The number of para-hydroxylation sites is 1. The first-order valence-corrected chi connectivity index (χ1v) is 11.2. The van der Waals surface area contributed by atoms with E-state index < -0.39 is 0 Å². The normalized spacial score (nSPS) is 26.9. The van der Waals surface area contributed by atoms with Crippen LogP contribution in [-0.4, -0.2) is 36.1 Å². The van der Waals surface area contributed by atoms with E-state index in [0.29, 0.717) is 5.54 Å². The Bertz CT molecular complexity index is 978. The lowest BCUT2D eigenvalue weighted by atomic mass is 9.67. The van der Waals surface area contributed by atoms with E-state index in [-0.39, 0.29) is 5.54 Å². The lowest BCUT2D eigenvalue weighted by Gasteiger charge is -2.51. The van der Waals surface area contributed by atoms with Crippen molar-refractivity contribution < 1.29 is 0 Å². The van der Waals surface area contributed by atoms with Crippen molar-refractivity contribution in [2.75, 3.05) is 20.6 Å². The number of hydrogen-bond acceptors (Lipinski definition) is 2. The number of nitrogens with one attached hydrogen (secondary N) is 2. The summed E-state index contributed by atoms with van der Waals surface area (Å²) < 4.78 is 0. The number of benzene rings is 2. The van der Waals surface area contributed by atoms with E-state index in [0.717, 1.165) is 19.4 Å². The Morgan fingerprint density at radius 1 is 0.897 bits per heavy atom. The molecule has 3 aromatic rings. The highest BCUT2D eigenvalue weighted by Gasteiger charge is 2.47. The highest BCUT2D eigenvalue weighted by Crippen LogP contribution is 2.48. The molecule has 1 saturated carbocycles. The molecule has 0 unspecified atom stereocenters. The number of aryl methyl sites for hydroxylation is 1. The van der Waals surface area contributed by atoms with E-state index in [9.17, 15) is 0 Å². The van der Waals surface area contributed by atoms with Gasteiger partial charge in [0.15, 0.2) is 0 Å². The second kappa shape index (κ2) is 7.30. The van der Waals surface area contributed by atoms with E-state index in [1.807, 2.05) is 0 Å². The lowest BCUT2D eigenvalue weighted by Crippen LogP contribution is -2.56. The predicted octanol–water partition coefficient (Wildman–Crippen LogP) is 5.02. The summed E-state index contributed by atoms with van der Waals surface area (Å²) in [7, 11) is 4.57. The molecule has 1 aliphatic carbocycles. The average Bonchev–Trinajstić information content (AvgIpc) is 3.15. The van der Waals surface area contributed by atoms with Crippen LogP contribution in [0.1, 0.15) is 48.9 Å². The van der Waals surface area contributed by atoms with Crippen LogP contribution in [0, 0.1) is 0 Å². The number of aromatic amines is 1. The fourth-order valence-electron chi connectivity index (χ4n) is 5.89. The summed E-state index contributed by atoms with van der Waals surface area (Å²) in [6, 6.07) is 19.8. The summed E-state index contributed by atoms with van der Waals surface area (Å²) in [6.45, 7) is 1.09. The van der Waals surface area contributed by atoms with Gasteiger partial charge in [-0.3, -0.25) is 0 Å². The maximum Gasteiger partial charge on any atom is 0.0591 e. The van der Waals surface area contributed by atoms with Crippen LogP contribution in [0.5, 0.6) is 0 Å². The van der Waals surface area contributed by atoms with Gasteiger partial charge in [-0.05, 0) is 76.2 Å². The van der Waals surface area contributed by atoms with E-state index in [1.54, 1.807) is 5.56 Å². The van der Waals surface area contributed by atoms with Gasteiger partial charge in [0.1, 0.15) is 0 Å². The highest BCUT2D eigenvalue weighted by molar-refractivity contribution is 5.85. The molecule has 1 spiro atoms. The van der Waals surface area contributed by atoms with Crippen molar-refractivity contribution in [2.24, 2.45) is 0 Å². The van der Waals surface area contributed by atoms with Crippen LogP contribution < -0.4 is 5.32 Å². The second-order valence-corrected chi connectivity index (χ2v) is 9.39. The van der Waals surface area contributed by atoms with Crippen LogP contribution in [0.25, 0.3) is 10.9 Å². The van der Waals surface area contributed by atoms with Crippen molar-refractivity contribution in [1.29, 1.82) is 0 Å². The minimum absolute atomic E-state index is 0.124. The van der Waals surface area contributed by atoms with Crippen LogP contribution in [0.3, 0.4) is 0 Å². The number of nitrogens with zero attached hydrogens (tertiary/aromatic N) is 1. The fourth-order valence-corrected chi connectivity index (χ4v) is 5.89. The van der Waals surface area contributed by atoms with Crippen molar-refractivity contribution in [3.05, 3.63) is 71.4 Å². The Kier molecular flexibility index (Phi) is 4.76. The van der Waals surface area contributed by atoms with Gasteiger partial charge in [-0.15, -0.1) is 0 Å². The van der Waals surface area contributed by atoms with Gasteiger partial charge in [-0.1, -0.05) is 48.5 Å². The van der Waals surface area contributed by atoms with Crippen molar-refractivity contribution >= 4 is 10.9 Å². The number of rotatable bonds is 4. The molecule has 0 bridgehead atoms. The van der Waals surface area contributed by atoms with E-state index in [1.165, 1.54) is 54.3 Å². The summed E-state index contributed by atoms with van der Waals surface area (Å²) in [4.78, 5) is 6.33. The number of fused-ring (bicyclic) bond motifs is 4. The van der Waals surface area contributed by atoms with Gasteiger partial charge in [-0.2, -0.15) is 0 Å². The molecule has 29 heavy (non-hydrogen) atoms. The molecular weight excluding hydrogens is 354 g/mol. The molecular formula is C26H33N3. The number of aromatic nitrogens is 1. The van der Waals surface area contributed by atoms with Gasteiger partial charge in [-0.25, -0.2) is 0 Å². The zero-order valence-corrected chi connectivity index (χ0v) is 17.8. The Morgan fingerprint density at radius 3 is 2.38 bits per heavy atom. The molecule has 0 atom stereocenters. The smallest absolute Gasteiger partial charge is 0.0591 e. The number of H-pyrrole nitrogens is 1. The molecule has 2 aromatic carbocycles. The zero-order chi connectivity index (χ0) is 19.9. The summed E-state index contributed by atoms with van der Waals surface area (Å²) >= 11 is 0. The van der Waals surface area contributed by atoms with Crippen molar-refractivity contribution in [3.63, 3.8) is 0 Å². The van der Waals surface area contributed by atoms with Gasteiger partial charge in [0, 0.05) is 28.7 Å². The molecule has 1 fully saturated rings. The van der Waals surface area contributed by atoms with Crippen LogP contribution in [0.15, 0.2) is 54.6 Å². The van der Waals surface area contributed by atoms with Crippen LogP contribution in [-0.2, 0) is 18.4 Å². The van der Waals surface area contributed by atoms with Gasteiger partial charge in [0.2, 0.25) is 0 Å². The Hall–Kier alpha value is -2.10. The van der Waals surface area contributed by atoms with Crippen molar-refractivity contribution in [1.82, 2.24) is 15.2 Å². The first kappa shape index (κ1) is 18.9. The third-order valence-electron chi connectivity index (χ3n) is 7.84. The first-order chi connectivity index (χ1) is 14.1. The third kappa shape index (κ3) is 3.21. The van der Waals surface area contributed by atoms with E-state index in [4.69, 9.17) is 0 Å². The van der Waals surface area contributed by atoms with Crippen LogP contribution in [0.2, 0.25) is 0 Å². The Morgan fingerprint density at radius 2 is 1.62 bits per heavy atom. The molecule has 3 heteroatoms. The second-order valence-electron chi connectivity index (χ2n) is 9.39. The molecule has 1 aromatic heterocycles. The van der Waals surface area contributed by atoms with Gasteiger partial charge in [0.25, 0.3) is 0 Å². The maximum absolute atomic E-state index is 3.95. The fraction of sp³-hybridized carbons (Fsp3) is 0.462. The summed E-state index contributed by atoms with van der Waals surface area (Å²) in [5.74, 6) is 0. The molecule has 2 aliphatic rings. The first-order valence-electron chi connectivity index (χ1n) is 11.2. The largest absolute Gasteiger partial charge is 0.357 e. The highest BCUT2D eigenvalue weighted by atomic mass is 15.2. The molecule has 5 rings (SSSR count). The molecule has 1 aliphatic heterocycles. The topological polar surface area (TPSA) is 31.1 Å². The minimum atomic E-state index is 0.124. The summed E-state index contributed by atoms with van der Waals surface area (Å²) in [5, 5.41) is 5.38. The Balaban J connectivity index is 1.40.